The van der Waals surface area contributed by atoms with Gasteiger partial charge in [-0.3, -0.25) is 43.9 Å². The number of methoxy groups -OCH3 is 1. The Kier molecular flexibility index (Phi) is 15.5. The Labute approximate surface area is 493 Å². The van der Waals surface area contributed by atoms with Gasteiger partial charge in [0.2, 0.25) is 11.8 Å². The number of likely N-dealkylation sites (tertiary alicyclic amines) is 2. The molecule has 84 heavy (non-hydrogen) atoms. The number of ether oxygens (including phenoxy) is 3. The van der Waals surface area contributed by atoms with Gasteiger partial charge in [0.15, 0.2) is 0 Å². The highest BCUT2D eigenvalue weighted by Crippen LogP contribution is 2.49. The molecule has 0 radical (unpaired) electrons. The predicted molar refractivity (Wildman–Crippen MR) is 312 cm³/mol. The average Bonchev–Trinajstić information content (AvgIpc) is 1.61. The van der Waals surface area contributed by atoms with E-state index >= 15 is 22.8 Å². The number of carbonyl (C=O) groups excluding carboxylic acids is 4. The maximum atomic E-state index is 15.4. The molecule has 21 heteroatoms. The Hall–Kier alpha value is -5.06. The number of pyridine rings is 1. The maximum Gasteiger partial charge on any atom is 0.406 e. The molecule has 2 aromatic heterocycles. The summed E-state index contributed by atoms with van der Waals surface area (Å²) >= 11 is 0. The summed E-state index contributed by atoms with van der Waals surface area (Å²) in [5.74, 6) is -0.726. The zero-order valence-corrected chi connectivity index (χ0v) is 49.9. The summed E-state index contributed by atoms with van der Waals surface area (Å²) in [6.45, 7) is 11.7. The first-order valence-electron chi connectivity index (χ1n) is 32.1. The lowest BCUT2D eigenvalue weighted by Gasteiger charge is -2.39. The standard InChI is InChI=1S/C63H88F3N11O7/c1-39(82-5)52-47(30-44(33-67-52)72-25-23-71(24-26-72)42-14-15-42)55-48-32-61(2,3)38-84-60(81)49-11-8-20-77(69-49)58(79)50(31-45-34-73(27-28-83-45)43-16-17-51(46(48)29-43)76(55)37-63(64,65)66)68-57(78)54(40-9-6-7-10-40)74-21-18-62(35-74)19-22-75(36-62)59(80)56-53(70(56)4)41-12-13-41/h16-17,29-30,33,39-42,45,49-50,53-54,56,69H,6-15,18-28,31-32,34-38H2,1-5H3,(H,68,78)/t39-,45-,49-,50-,53+,54-,56+,62-,70?/m0/s1/i56D. The Morgan fingerprint density at radius 1 is 0.929 bits per heavy atom. The first-order chi connectivity index (χ1) is 40.7. The fraction of sp³-hybridized carbons (Fsp3) is 0.730. The summed E-state index contributed by atoms with van der Waals surface area (Å²) in [6.07, 6.45) is 7.41. The fourth-order valence-electron chi connectivity index (χ4n) is 15.8. The molecule has 10 aliphatic rings. The normalized spacial score (nSPS) is 32.0. The smallest absolute Gasteiger partial charge is 0.406 e. The van der Waals surface area contributed by atoms with Crippen LogP contribution in [0.25, 0.3) is 22.2 Å². The number of hydrogen-bond acceptors (Lipinski definition) is 14. The van der Waals surface area contributed by atoms with Crippen LogP contribution < -0.4 is 20.5 Å². The number of piperazine rings is 1. The monoisotopic (exact) mass is 1170 g/mol. The Balaban J connectivity index is 0.822. The van der Waals surface area contributed by atoms with E-state index in [-0.39, 0.29) is 54.5 Å². The lowest BCUT2D eigenvalue weighted by Crippen LogP contribution is -2.62. The molecule has 9 heterocycles. The number of hydrazine groups is 1. The van der Waals surface area contributed by atoms with Crippen molar-refractivity contribution < 1.29 is 47.9 Å². The van der Waals surface area contributed by atoms with Crippen LogP contribution in [0.4, 0.5) is 24.5 Å². The van der Waals surface area contributed by atoms with Gasteiger partial charge in [-0.2, -0.15) is 13.2 Å². The van der Waals surface area contributed by atoms with E-state index in [1.165, 1.54) is 22.4 Å². The number of fused-ring (bicyclic) bond motifs is 6. The van der Waals surface area contributed by atoms with Crippen molar-refractivity contribution in [2.75, 3.05) is 109 Å². The van der Waals surface area contributed by atoms with E-state index in [2.05, 4.69) is 30.3 Å². The van der Waals surface area contributed by atoms with Crippen LogP contribution in [0.1, 0.15) is 123 Å². The zero-order valence-electron chi connectivity index (χ0n) is 50.9. The number of likely N-dealkylation sites (N-methyl/N-ethyl adjacent to an activating group) is 1. The third kappa shape index (κ3) is 11.8. The predicted octanol–water partition coefficient (Wildman–Crippen LogP) is 6.53. The number of aromatic nitrogens is 2. The number of nitrogens with zero attached hydrogens (tertiary/aromatic N) is 9. The SMILES string of the molecule is [2H][C@]1(C(=O)N2CC[C@]3(CCN([C@H](C(=O)N[C@H]4C[C@H]5CN(CCO5)c5ccc6c(c5)c(c(-c5cc(N7CCN(C8CC8)CC7)cnc5[C@H](C)OC)n6CC(F)(F)F)CC(C)(C)COC(=O)[C@@H]5CCCN(N5)C4=O)C4CCCC4)C3)C2)[C@@H](C2CC2)N1C. The lowest BCUT2D eigenvalue weighted by molar-refractivity contribution is -0.156. The minimum atomic E-state index is -4.60. The zero-order chi connectivity index (χ0) is 59.3. The van der Waals surface area contributed by atoms with E-state index in [0.717, 1.165) is 88.9 Å². The Morgan fingerprint density at radius 2 is 1.70 bits per heavy atom. The van der Waals surface area contributed by atoms with Gasteiger partial charge in [0.05, 0.1) is 56.1 Å². The second kappa shape index (κ2) is 22.9. The molecule has 13 rings (SSSR count). The molecule has 3 aromatic rings. The van der Waals surface area contributed by atoms with Gasteiger partial charge in [-0.15, -0.1) is 0 Å². The summed E-state index contributed by atoms with van der Waals surface area (Å²) in [5.41, 5.74) is 6.40. The maximum absolute atomic E-state index is 15.4. The molecule has 1 spiro atoms. The molecule has 1 unspecified atom stereocenters. The summed E-state index contributed by atoms with van der Waals surface area (Å²) in [4.78, 5) is 77.1. The van der Waals surface area contributed by atoms with E-state index < -0.39 is 60.5 Å². The van der Waals surface area contributed by atoms with E-state index in [1.807, 2.05) is 62.0 Å². The van der Waals surface area contributed by atoms with Crippen LogP contribution in [0, 0.1) is 22.7 Å². The van der Waals surface area contributed by atoms with Gasteiger partial charge in [-0.1, -0.05) is 26.7 Å². The number of anilines is 2. The van der Waals surface area contributed by atoms with Gasteiger partial charge < -0.3 is 38.8 Å². The molecule has 3 saturated carbocycles. The number of amides is 3. The van der Waals surface area contributed by atoms with Crippen LogP contribution in [0.2, 0.25) is 0 Å². The minimum absolute atomic E-state index is 0.0126. The number of hydrogen-bond donors (Lipinski definition) is 2. The lowest BCUT2D eigenvalue weighted by atomic mass is 9.84. The molecule has 6 saturated heterocycles. The average molecular weight is 1170 g/mol. The Bertz CT molecular complexity index is 3040. The van der Waals surface area contributed by atoms with Crippen LogP contribution in [-0.2, 0) is 46.4 Å². The molecule has 2 N–H and O–H groups in total. The van der Waals surface area contributed by atoms with Crippen LogP contribution >= 0.6 is 0 Å². The number of carbonyl (C=O) groups is 4. The summed E-state index contributed by atoms with van der Waals surface area (Å²) in [5, 5.41) is 5.42. The Morgan fingerprint density at radius 3 is 2.44 bits per heavy atom. The van der Waals surface area contributed by atoms with Crippen molar-refractivity contribution in [2.24, 2.45) is 22.7 Å². The van der Waals surface area contributed by atoms with Gasteiger partial charge in [-0.25, -0.2) is 5.43 Å². The van der Waals surface area contributed by atoms with Crippen LogP contribution in [0.3, 0.4) is 0 Å². The molecule has 458 valence electrons. The largest absolute Gasteiger partial charge is 0.464 e. The van der Waals surface area contributed by atoms with Crippen molar-refractivity contribution >= 4 is 46.0 Å². The molecule has 9 fully saturated rings. The molecule has 9 atom stereocenters. The minimum Gasteiger partial charge on any atom is -0.464 e. The van der Waals surface area contributed by atoms with E-state index in [4.69, 9.17) is 19.2 Å². The van der Waals surface area contributed by atoms with Gasteiger partial charge >= 0.3 is 12.1 Å². The number of esters is 1. The summed E-state index contributed by atoms with van der Waals surface area (Å²) < 4.78 is 75.1. The van der Waals surface area contributed by atoms with Crippen molar-refractivity contribution in [3.8, 4) is 11.3 Å². The number of alkyl halides is 3. The molecular weight excluding hydrogens is 1080 g/mol. The van der Waals surface area contributed by atoms with Crippen molar-refractivity contribution in [3.05, 3.63) is 41.7 Å². The molecule has 18 nitrogen and oxygen atoms in total. The molecule has 3 amide bonds. The number of benzene rings is 1. The number of rotatable bonds is 12. The van der Waals surface area contributed by atoms with Gasteiger partial charge in [0, 0.05) is 124 Å². The molecule has 3 aliphatic carbocycles. The van der Waals surface area contributed by atoms with Gasteiger partial charge in [-0.05, 0) is 133 Å². The topological polar surface area (TPSA) is 160 Å². The highest BCUT2D eigenvalue weighted by Gasteiger charge is 2.59. The summed E-state index contributed by atoms with van der Waals surface area (Å²) in [7, 11) is 3.48. The number of morpholine rings is 1. The second-order valence-corrected chi connectivity index (χ2v) is 27.5. The molecular formula is C63H88F3N11O7. The first kappa shape index (κ1) is 56.7. The van der Waals surface area contributed by atoms with Crippen LogP contribution in [0.5, 0.6) is 0 Å². The molecule has 7 aliphatic heterocycles. The quantitative estimate of drug-likeness (QED) is 0.149. The third-order valence-electron chi connectivity index (χ3n) is 20.7. The van der Waals surface area contributed by atoms with Gasteiger partial charge in [0.25, 0.3) is 5.91 Å². The third-order valence-corrected chi connectivity index (χ3v) is 20.7. The number of cyclic esters (lactones) is 1. The van der Waals surface area contributed by atoms with Crippen molar-refractivity contribution in [1.82, 2.24) is 44.9 Å². The number of halogens is 3. The van der Waals surface area contributed by atoms with Crippen LogP contribution in [-0.4, -0.2) is 206 Å². The van der Waals surface area contributed by atoms with E-state index in [9.17, 15) is 11.0 Å². The first-order valence-corrected chi connectivity index (χ1v) is 31.6. The molecule has 1 aromatic carbocycles. The fourth-order valence-corrected chi connectivity index (χ4v) is 15.8. The second-order valence-electron chi connectivity index (χ2n) is 27.5. The highest BCUT2D eigenvalue weighted by molar-refractivity contribution is 5.95. The van der Waals surface area contributed by atoms with E-state index in [1.54, 1.807) is 13.2 Å². The van der Waals surface area contributed by atoms with Crippen molar-refractivity contribution in [3.63, 3.8) is 0 Å². The summed E-state index contributed by atoms with van der Waals surface area (Å²) in [6, 6.07) is 4.67. The van der Waals surface area contributed by atoms with E-state index in [0.29, 0.717) is 111 Å². The number of nitrogens with one attached hydrogen (secondary N) is 2. The van der Waals surface area contributed by atoms with Gasteiger partial charge in [0.1, 0.15) is 24.6 Å². The van der Waals surface area contributed by atoms with Crippen molar-refractivity contribution in [1.29, 1.82) is 0 Å². The highest BCUT2D eigenvalue weighted by atomic mass is 19.4. The van der Waals surface area contributed by atoms with Crippen molar-refractivity contribution in [2.45, 2.75) is 172 Å². The van der Waals surface area contributed by atoms with Crippen LogP contribution in [0.15, 0.2) is 30.5 Å². The molecule has 6 bridgehead atoms.